The first-order chi connectivity index (χ1) is 26.3. The fourth-order valence-electron chi connectivity index (χ4n) is 7.70. The van der Waals surface area contributed by atoms with Gasteiger partial charge in [0.05, 0.1) is 41.8 Å². The normalized spacial score (nSPS) is 20.4. The number of piperidine rings is 2. The van der Waals surface area contributed by atoms with E-state index in [1.165, 1.54) is 11.8 Å². The maximum Gasteiger partial charge on any atom is 0.410 e. The molecule has 0 bridgehead atoms. The third kappa shape index (κ3) is 9.13. The number of alkyl carbamates (subject to hydrolysis) is 1. The van der Waals surface area contributed by atoms with Crippen LogP contribution in [0.15, 0.2) is 22.2 Å². The highest BCUT2D eigenvalue weighted by atomic mass is 35.5. The number of anilines is 1. The van der Waals surface area contributed by atoms with Crippen LogP contribution in [0.1, 0.15) is 102 Å². The predicted octanol–water partition coefficient (Wildman–Crippen LogP) is 6.07. The van der Waals surface area contributed by atoms with Crippen LogP contribution in [0.4, 0.5) is 15.4 Å². The second-order valence-electron chi connectivity index (χ2n) is 17.1. The predicted molar refractivity (Wildman–Crippen MR) is 213 cm³/mol. The summed E-state index contributed by atoms with van der Waals surface area (Å²) in [5.41, 5.74) is 1.09. The standard InChI is InChI=1S/C39H55ClN8O7S/c1-22-29(33(50)43-25-10-15-47(16-11-25)36(52)55-38(7,8)9)48-17-12-27(28(40)32(48)41-22)56-34-23(2)42-31(26(20-49)44-34)46-18-13-39(14-19-46)21-53-24(3)30(39)45-35(51)54-37(4,5)6/h12,17,24-25,30,49H,10-11,13-16,18-21H2,1-9H3,(H,43,50)(H,45,51)/t24-,30+/m0/s1. The molecule has 2 atom stereocenters. The minimum Gasteiger partial charge on any atom is -0.444 e. The number of nitrogens with zero attached hydrogens (tertiary/aromatic N) is 6. The van der Waals surface area contributed by atoms with Crippen molar-refractivity contribution in [2.45, 2.75) is 134 Å². The zero-order valence-electron chi connectivity index (χ0n) is 33.8. The zero-order chi connectivity index (χ0) is 40.7. The number of ether oxygens (including phenoxy) is 3. The first kappa shape index (κ1) is 41.8. The number of fused-ring (bicyclic) bond motifs is 1. The number of halogens is 1. The lowest BCUT2D eigenvalue weighted by Crippen LogP contribution is -2.55. The van der Waals surface area contributed by atoms with Crippen molar-refractivity contribution in [3.05, 3.63) is 40.1 Å². The molecule has 1 spiro atoms. The highest BCUT2D eigenvalue weighted by Crippen LogP contribution is 2.44. The quantitative estimate of drug-likeness (QED) is 0.252. The van der Waals surface area contributed by atoms with Gasteiger partial charge in [-0.3, -0.25) is 9.20 Å². The van der Waals surface area contributed by atoms with E-state index in [1.54, 1.807) is 22.4 Å². The van der Waals surface area contributed by atoms with E-state index in [4.69, 9.17) is 35.8 Å². The van der Waals surface area contributed by atoms with E-state index in [1.807, 2.05) is 61.5 Å². The first-order valence-corrected chi connectivity index (χ1v) is 20.4. The van der Waals surface area contributed by atoms with Gasteiger partial charge in [0.1, 0.15) is 27.6 Å². The molecule has 6 rings (SSSR count). The van der Waals surface area contributed by atoms with Crippen LogP contribution in [0.25, 0.3) is 5.65 Å². The molecule has 56 heavy (non-hydrogen) atoms. The molecule has 0 unspecified atom stereocenters. The van der Waals surface area contributed by atoms with Crippen LogP contribution in [0.3, 0.4) is 0 Å². The van der Waals surface area contributed by atoms with Crippen LogP contribution in [-0.2, 0) is 20.8 Å². The van der Waals surface area contributed by atoms with Crippen LogP contribution >= 0.6 is 23.4 Å². The molecule has 3 aliphatic rings. The Bertz CT molecular complexity index is 1960. The van der Waals surface area contributed by atoms with Crippen LogP contribution in [0, 0.1) is 19.3 Å². The van der Waals surface area contributed by atoms with Gasteiger partial charge in [-0.25, -0.2) is 24.5 Å². The third-order valence-electron chi connectivity index (χ3n) is 10.5. The molecule has 0 aliphatic carbocycles. The molecule has 306 valence electrons. The van der Waals surface area contributed by atoms with Crippen molar-refractivity contribution in [2.75, 3.05) is 37.7 Å². The highest BCUT2D eigenvalue weighted by molar-refractivity contribution is 7.99. The number of carbonyl (C=O) groups excluding carboxylic acids is 3. The van der Waals surface area contributed by atoms with Crippen molar-refractivity contribution in [1.82, 2.24) is 34.9 Å². The Balaban J connectivity index is 1.12. The molecule has 15 nitrogen and oxygen atoms in total. The van der Waals surface area contributed by atoms with Gasteiger partial charge in [-0.1, -0.05) is 23.4 Å². The van der Waals surface area contributed by atoms with Crippen molar-refractivity contribution in [2.24, 2.45) is 5.41 Å². The molecule has 3 aromatic rings. The average molecular weight is 815 g/mol. The molecule has 3 aliphatic heterocycles. The van der Waals surface area contributed by atoms with Crippen LogP contribution in [0.5, 0.6) is 0 Å². The van der Waals surface area contributed by atoms with E-state index in [0.29, 0.717) is 94.8 Å². The Labute approximate surface area is 337 Å². The summed E-state index contributed by atoms with van der Waals surface area (Å²) in [5.74, 6) is 0.366. The molecule has 3 saturated heterocycles. The van der Waals surface area contributed by atoms with Gasteiger partial charge >= 0.3 is 12.2 Å². The number of pyridine rings is 1. The van der Waals surface area contributed by atoms with E-state index in [9.17, 15) is 19.5 Å². The van der Waals surface area contributed by atoms with E-state index < -0.39 is 17.3 Å². The number of nitrogens with one attached hydrogen (secondary N) is 2. The molecule has 0 saturated carbocycles. The SMILES string of the molecule is Cc1nc(N2CCC3(CC2)CO[C@@H](C)[C@H]3NC(=O)OC(C)(C)C)c(CO)nc1Sc1ccn2c(C(=O)NC3CCN(C(=O)OC(C)(C)C)CC3)c(C)nc2c1Cl. The van der Waals surface area contributed by atoms with E-state index in [-0.39, 0.29) is 42.2 Å². The first-order valence-electron chi connectivity index (χ1n) is 19.3. The Kier molecular flexibility index (Phi) is 12.1. The second kappa shape index (κ2) is 16.2. The second-order valence-corrected chi connectivity index (χ2v) is 18.5. The van der Waals surface area contributed by atoms with E-state index in [0.717, 1.165) is 12.8 Å². The lowest BCUT2D eigenvalue weighted by Gasteiger charge is -2.43. The number of aryl methyl sites for hydroxylation is 2. The van der Waals surface area contributed by atoms with Crippen molar-refractivity contribution < 1.29 is 33.7 Å². The summed E-state index contributed by atoms with van der Waals surface area (Å²) in [6, 6.07) is 1.53. The molecule has 0 aromatic carbocycles. The number of rotatable bonds is 7. The largest absolute Gasteiger partial charge is 0.444 e. The molecule has 3 amide bonds. The third-order valence-corrected chi connectivity index (χ3v) is 12.1. The van der Waals surface area contributed by atoms with Crippen molar-refractivity contribution in [3.8, 4) is 0 Å². The summed E-state index contributed by atoms with van der Waals surface area (Å²) < 4.78 is 18.8. The molecule has 3 aromatic heterocycles. The smallest absolute Gasteiger partial charge is 0.410 e. The van der Waals surface area contributed by atoms with Crippen LogP contribution < -0.4 is 15.5 Å². The van der Waals surface area contributed by atoms with Crippen molar-refractivity contribution in [3.63, 3.8) is 0 Å². The summed E-state index contributed by atoms with van der Waals surface area (Å²) in [6.07, 6.45) is 3.56. The monoisotopic (exact) mass is 814 g/mol. The van der Waals surface area contributed by atoms with Gasteiger partial charge in [0, 0.05) is 48.7 Å². The number of hydrogen-bond donors (Lipinski definition) is 3. The maximum atomic E-state index is 13.6. The Hall–Kier alpha value is -3.86. The molecule has 3 fully saturated rings. The van der Waals surface area contributed by atoms with E-state index >= 15 is 0 Å². The molecule has 17 heteroatoms. The summed E-state index contributed by atoms with van der Waals surface area (Å²) >= 11 is 8.28. The number of aromatic nitrogens is 4. The topological polar surface area (TPSA) is 173 Å². The zero-order valence-corrected chi connectivity index (χ0v) is 35.4. The summed E-state index contributed by atoms with van der Waals surface area (Å²) in [5, 5.41) is 17.6. The number of carbonyl (C=O) groups is 3. The number of amides is 3. The fraction of sp³-hybridized carbons (Fsp3) is 0.641. The van der Waals surface area contributed by atoms with Gasteiger partial charge in [-0.15, -0.1) is 0 Å². The minimum atomic E-state index is -0.601. The van der Waals surface area contributed by atoms with Crippen molar-refractivity contribution >= 4 is 52.9 Å². The molecule has 0 radical (unpaired) electrons. The van der Waals surface area contributed by atoms with Crippen LogP contribution in [0.2, 0.25) is 5.02 Å². The summed E-state index contributed by atoms with van der Waals surface area (Å²) in [4.78, 5) is 57.7. The fourth-order valence-corrected chi connectivity index (χ4v) is 8.88. The van der Waals surface area contributed by atoms with Gasteiger partial charge in [-0.05, 0) is 94.1 Å². The van der Waals surface area contributed by atoms with Crippen LogP contribution in [-0.4, -0.2) is 110 Å². The lowest BCUT2D eigenvalue weighted by atomic mass is 9.73. The van der Waals surface area contributed by atoms with Gasteiger partial charge in [0.15, 0.2) is 11.5 Å². The van der Waals surface area contributed by atoms with Gasteiger partial charge < -0.3 is 39.8 Å². The number of aliphatic hydroxyl groups is 1. The molecule has 6 heterocycles. The Morgan fingerprint density at radius 3 is 2.27 bits per heavy atom. The summed E-state index contributed by atoms with van der Waals surface area (Å²) in [6.45, 7) is 19.2. The van der Waals surface area contributed by atoms with Gasteiger partial charge in [0.25, 0.3) is 5.91 Å². The van der Waals surface area contributed by atoms with E-state index in [2.05, 4.69) is 20.5 Å². The Morgan fingerprint density at radius 2 is 1.64 bits per heavy atom. The maximum absolute atomic E-state index is 13.6. The van der Waals surface area contributed by atoms with Gasteiger partial charge in [-0.2, -0.15) is 0 Å². The highest BCUT2D eigenvalue weighted by Gasteiger charge is 2.51. The molecule has 3 N–H and O–H groups in total. The number of imidazole rings is 1. The number of aliphatic hydroxyl groups excluding tert-OH is 1. The Morgan fingerprint density at radius 1 is 0.982 bits per heavy atom. The van der Waals surface area contributed by atoms with Crippen molar-refractivity contribution in [1.29, 1.82) is 0 Å². The number of likely N-dealkylation sites (tertiary alicyclic amines) is 1. The lowest BCUT2D eigenvalue weighted by molar-refractivity contribution is 0.0199. The molecular weight excluding hydrogens is 760 g/mol. The minimum absolute atomic E-state index is 0.105. The van der Waals surface area contributed by atoms with Gasteiger partial charge in [0.2, 0.25) is 0 Å². The summed E-state index contributed by atoms with van der Waals surface area (Å²) in [7, 11) is 0. The average Bonchev–Trinajstić information content (AvgIpc) is 3.61. The number of hydrogen-bond acceptors (Lipinski definition) is 12. The molecular formula is C39H55ClN8O7S.